The van der Waals surface area contributed by atoms with E-state index in [9.17, 15) is 14.4 Å². The fraction of sp³-hybridized carbons (Fsp3) is 0.786. The number of aliphatic carboxylic acids is 2. The van der Waals surface area contributed by atoms with Gasteiger partial charge in [-0.2, -0.15) is 0 Å². The molecule has 0 spiro atoms. The topological polar surface area (TPSA) is 116 Å². The molecule has 0 saturated carbocycles. The fourth-order valence-electron chi connectivity index (χ4n) is 2.52. The van der Waals surface area contributed by atoms with Crippen molar-refractivity contribution in [1.82, 2.24) is 10.6 Å². The normalized spacial score (nSPS) is 20.6. The molecule has 1 amide bonds. The highest BCUT2D eigenvalue weighted by Gasteiger charge is 2.38. The maximum absolute atomic E-state index is 12.4. The first kappa shape index (κ1) is 17.4. The van der Waals surface area contributed by atoms with Crippen LogP contribution in [-0.4, -0.2) is 47.2 Å². The van der Waals surface area contributed by atoms with Crippen LogP contribution >= 0.6 is 0 Å². The predicted octanol–water partition coefficient (Wildman–Crippen LogP) is 0.446. The van der Waals surface area contributed by atoms with E-state index in [4.69, 9.17) is 10.2 Å². The van der Waals surface area contributed by atoms with E-state index in [1.165, 1.54) is 0 Å². The van der Waals surface area contributed by atoms with E-state index in [0.717, 1.165) is 25.9 Å². The zero-order valence-electron chi connectivity index (χ0n) is 12.5. The lowest BCUT2D eigenvalue weighted by Crippen LogP contribution is -2.51. The van der Waals surface area contributed by atoms with Crippen LogP contribution in [0.15, 0.2) is 0 Å². The van der Waals surface area contributed by atoms with Gasteiger partial charge in [0.05, 0.1) is 0 Å². The van der Waals surface area contributed by atoms with E-state index >= 15 is 0 Å². The SMILES string of the molecule is CC(C)(C(=O)N[C@@H](CCC(=O)O)C(=O)O)C1CCCNC1. The van der Waals surface area contributed by atoms with Crippen LogP contribution in [-0.2, 0) is 14.4 Å². The Bertz CT molecular complexity index is 402. The number of carboxylic acid groups (broad SMARTS) is 2. The van der Waals surface area contributed by atoms with Gasteiger partial charge >= 0.3 is 11.9 Å². The molecule has 1 aliphatic rings. The molecule has 0 aromatic rings. The van der Waals surface area contributed by atoms with E-state index < -0.39 is 23.4 Å². The Labute approximate surface area is 124 Å². The van der Waals surface area contributed by atoms with Crippen molar-refractivity contribution >= 4 is 17.8 Å². The van der Waals surface area contributed by atoms with Gasteiger partial charge in [0.25, 0.3) is 0 Å². The van der Waals surface area contributed by atoms with Crippen LogP contribution in [0.5, 0.6) is 0 Å². The van der Waals surface area contributed by atoms with Crippen molar-refractivity contribution in [3.8, 4) is 0 Å². The third-order valence-electron chi connectivity index (χ3n) is 4.15. The molecule has 1 saturated heterocycles. The first-order valence-corrected chi connectivity index (χ1v) is 7.21. The maximum Gasteiger partial charge on any atom is 0.326 e. The Morgan fingerprint density at radius 2 is 2.00 bits per heavy atom. The Morgan fingerprint density at radius 3 is 2.48 bits per heavy atom. The molecule has 0 radical (unpaired) electrons. The summed E-state index contributed by atoms with van der Waals surface area (Å²) in [5, 5.41) is 23.4. The van der Waals surface area contributed by atoms with Gasteiger partial charge in [0.1, 0.15) is 6.04 Å². The Hall–Kier alpha value is -1.63. The van der Waals surface area contributed by atoms with Crippen molar-refractivity contribution in [1.29, 1.82) is 0 Å². The summed E-state index contributed by atoms with van der Waals surface area (Å²) in [5.41, 5.74) is -0.690. The van der Waals surface area contributed by atoms with Crippen molar-refractivity contribution < 1.29 is 24.6 Å². The molecule has 0 bridgehead atoms. The van der Waals surface area contributed by atoms with Crippen LogP contribution in [0.4, 0.5) is 0 Å². The van der Waals surface area contributed by atoms with Gasteiger partial charge in [0.2, 0.25) is 5.91 Å². The molecule has 7 nitrogen and oxygen atoms in total. The number of hydrogen-bond acceptors (Lipinski definition) is 4. The summed E-state index contributed by atoms with van der Waals surface area (Å²) in [6.07, 6.45) is 1.50. The predicted molar refractivity (Wildman–Crippen MR) is 75.8 cm³/mol. The number of carbonyl (C=O) groups is 3. The van der Waals surface area contributed by atoms with E-state index in [1.807, 2.05) is 0 Å². The molecule has 120 valence electrons. The molecular weight excluding hydrogens is 276 g/mol. The summed E-state index contributed by atoms with van der Waals surface area (Å²) in [6.45, 7) is 5.27. The molecule has 1 aliphatic heterocycles. The zero-order chi connectivity index (χ0) is 16.0. The zero-order valence-corrected chi connectivity index (χ0v) is 12.5. The lowest BCUT2D eigenvalue weighted by Gasteiger charge is -2.36. The second-order valence-electron chi connectivity index (χ2n) is 6.06. The number of carboxylic acids is 2. The smallest absolute Gasteiger partial charge is 0.326 e. The molecule has 21 heavy (non-hydrogen) atoms. The lowest BCUT2D eigenvalue weighted by molar-refractivity contribution is -0.145. The van der Waals surface area contributed by atoms with Gasteiger partial charge in [0, 0.05) is 11.8 Å². The van der Waals surface area contributed by atoms with Crippen LogP contribution in [0, 0.1) is 11.3 Å². The van der Waals surface area contributed by atoms with Gasteiger partial charge in [-0.3, -0.25) is 9.59 Å². The number of rotatable bonds is 7. The summed E-state index contributed by atoms with van der Waals surface area (Å²) in [7, 11) is 0. The number of nitrogens with one attached hydrogen (secondary N) is 2. The molecule has 0 aromatic carbocycles. The third-order valence-corrected chi connectivity index (χ3v) is 4.15. The number of hydrogen-bond donors (Lipinski definition) is 4. The quantitative estimate of drug-likeness (QED) is 0.542. The molecule has 0 aliphatic carbocycles. The van der Waals surface area contributed by atoms with Gasteiger partial charge < -0.3 is 20.8 Å². The highest BCUT2D eigenvalue weighted by molar-refractivity contribution is 5.87. The van der Waals surface area contributed by atoms with Crippen LogP contribution < -0.4 is 10.6 Å². The molecule has 1 heterocycles. The van der Waals surface area contributed by atoms with Gasteiger partial charge in [-0.15, -0.1) is 0 Å². The third kappa shape index (κ3) is 5.00. The molecule has 1 fully saturated rings. The monoisotopic (exact) mass is 300 g/mol. The standard InChI is InChI=1S/C14H24N2O5/c1-14(2,9-4-3-7-15-8-9)13(21)16-10(12(19)20)5-6-11(17)18/h9-10,15H,3-8H2,1-2H3,(H,16,21)(H,17,18)(H,19,20)/t9?,10-/m0/s1. The molecular formula is C14H24N2O5. The minimum atomic E-state index is -1.21. The number of carbonyl (C=O) groups excluding carboxylic acids is 1. The van der Waals surface area contributed by atoms with E-state index in [1.54, 1.807) is 13.8 Å². The average Bonchev–Trinajstić information content (AvgIpc) is 2.43. The van der Waals surface area contributed by atoms with Crippen LogP contribution in [0.3, 0.4) is 0 Å². The molecule has 1 rings (SSSR count). The van der Waals surface area contributed by atoms with E-state index in [-0.39, 0.29) is 24.7 Å². The first-order valence-electron chi connectivity index (χ1n) is 7.21. The van der Waals surface area contributed by atoms with Crippen LogP contribution in [0.2, 0.25) is 0 Å². The van der Waals surface area contributed by atoms with Crippen molar-refractivity contribution in [3.63, 3.8) is 0 Å². The fourth-order valence-corrected chi connectivity index (χ4v) is 2.52. The maximum atomic E-state index is 12.4. The Balaban J connectivity index is 2.66. The summed E-state index contributed by atoms with van der Waals surface area (Å²) >= 11 is 0. The highest BCUT2D eigenvalue weighted by Crippen LogP contribution is 2.32. The summed E-state index contributed by atoms with van der Waals surface area (Å²) < 4.78 is 0. The molecule has 1 unspecified atom stereocenters. The number of piperidine rings is 1. The van der Waals surface area contributed by atoms with Crippen LogP contribution in [0.1, 0.15) is 39.5 Å². The van der Waals surface area contributed by atoms with Crippen molar-refractivity contribution in [2.24, 2.45) is 11.3 Å². The molecule has 0 aromatic heterocycles. The van der Waals surface area contributed by atoms with Gasteiger partial charge in [-0.1, -0.05) is 13.8 Å². The van der Waals surface area contributed by atoms with Gasteiger partial charge in [-0.05, 0) is 38.3 Å². The minimum Gasteiger partial charge on any atom is -0.481 e. The van der Waals surface area contributed by atoms with E-state index in [0.29, 0.717) is 0 Å². The first-order chi connectivity index (χ1) is 9.75. The number of amides is 1. The van der Waals surface area contributed by atoms with Gasteiger partial charge in [0.15, 0.2) is 0 Å². The van der Waals surface area contributed by atoms with E-state index in [2.05, 4.69) is 10.6 Å². The van der Waals surface area contributed by atoms with Crippen molar-refractivity contribution in [2.45, 2.75) is 45.6 Å². The molecule has 2 atom stereocenters. The summed E-state index contributed by atoms with van der Waals surface area (Å²) in [5.74, 6) is -2.48. The Kier molecular flexibility index (Phi) is 6.14. The average molecular weight is 300 g/mol. The second-order valence-corrected chi connectivity index (χ2v) is 6.06. The Morgan fingerprint density at radius 1 is 1.33 bits per heavy atom. The second kappa shape index (κ2) is 7.40. The van der Waals surface area contributed by atoms with Crippen molar-refractivity contribution in [2.75, 3.05) is 13.1 Å². The molecule has 4 N–H and O–H groups in total. The molecule has 7 heteroatoms. The summed E-state index contributed by atoms with van der Waals surface area (Å²) in [4.78, 5) is 34.0. The van der Waals surface area contributed by atoms with Gasteiger partial charge in [-0.25, -0.2) is 4.79 Å². The summed E-state index contributed by atoms with van der Waals surface area (Å²) in [6, 6.07) is -1.16. The van der Waals surface area contributed by atoms with Crippen LogP contribution in [0.25, 0.3) is 0 Å². The minimum absolute atomic E-state index is 0.116. The largest absolute Gasteiger partial charge is 0.481 e. The van der Waals surface area contributed by atoms with Crippen molar-refractivity contribution in [3.05, 3.63) is 0 Å². The highest BCUT2D eigenvalue weighted by atomic mass is 16.4. The lowest BCUT2D eigenvalue weighted by atomic mass is 9.74.